The van der Waals surface area contributed by atoms with Gasteiger partial charge in [-0.05, 0) is 41.5 Å². The average Bonchev–Trinajstić information content (AvgIpc) is 3.15. The number of pyridine rings is 2. The Bertz CT molecular complexity index is 1410. The van der Waals surface area contributed by atoms with E-state index in [0.29, 0.717) is 10.1 Å². The Labute approximate surface area is 185 Å². The molecule has 0 spiro atoms. The number of carbonyl (C=O) groups is 2. The highest BCUT2D eigenvalue weighted by atomic mass is 32.1. The lowest BCUT2D eigenvalue weighted by atomic mass is 9.83. The minimum Gasteiger partial charge on any atom is -0.466 e. The van der Waals surface area contributed by atoms with E-state index in [2.05, 4.69) is 9.97 Å². The van der Waals surface area contributed by atoms with Gasteiger partial charge in [0.15, 0.2) is 0 Å². The van der Waals surface area contributed by atoms with Gasteiger partial charge in [0, 0.05) is 24.8 Å². The minimum absolute atomic E-state index is 0.0260. The van der Waals surface area contributed by atoms with Crippen molar-refractivity contribution in [2.45, 2.75) is 5.92 Å². The number of hydrogen-bond donors (Lipinski definition) is 1. The van der Waals surface area contributed by atoms with Crippen LogP contribution in [-0.2, 0) is 19.1 Å². The molecule has 1 unspecified atom stereocenters. The van der Waals surface area contributed by atoms with Gasteiger partial charge in [0.05, 0.1) is 35.8 Å². The van der Waals surface area contributed by atoms with Crippen molar-refractivity contribution in [3.63, 3.8) is 0 Å². The summed E-state index contributed by atoms with van der Waals surface area (Å²) in [5.74, 6) is -2.44. The first-order valence-electron chi connectivity index (χ1n) is 9.42. The van der Waals surface area contributed by atoms with Gasteiger partial charge in [0.25, 0.3) is 5.56 Å². The number of esters is 2. The summed E-state index contributed by atoms with van der Waals surface area (Å²) in [7, 11) is 2.44. The Kier molecular flexibility index (Phi) is 5.69. The third-order valence-electron chi connectivity index (χ3n) is 5.00. The van der Waals surface area contributed by atoms with Crippen molar-refractivity contribution in [2.75, 3.05) is 14.2 Å². The molecule has 0 fully saturated rings. The summed E-state index contributed by atoms with van der Waals surface area (Å²) in [4.78, 5) is 46.9. The average molecular weight is 450 g/mol. The lowest BCUT2D eigenvalue weighted by Gasteiger charge is -2.26. The lowest BCUT2D eigenvalue weighted by Crippen LogP contribution is -2.41. The molecule has 4 heterocycles. The summed E-state index contributed by atoms with van der Waals surface area (Å²) < 4.78 is 11.8. The first-order valence-corrected chi connectivity index (χ1v) is 10.2. The molecule has 10 heteroatoms. The van der Waals surface area contributed by atoms with Gasteiger partial charge in [-0.15, -0.1) is 11.3 Å². The van der Waals surface area contributed by atoms with Crippen LogP contribution in [0, 0.1) is 0 Å². The molecule has 3 aromatic rings. The molecular weight excluding hydrogens is 432 g/mol. The molecule has 0 amide bonds. The van der Waals surface area contributed by atoms with Crippen LogP contribution < -0.4 is 20.5 Å². The Morgan fingerprint density at radius 2 is 1.56 bits per heavy atom. The zero-order valence-electron chi connectivity index (χ0n) is 17.1. The topological polar surface area (TPSA) is 126 Å². The highest BCUT2D eigenvalue weighted by molar-refractivity contribution is 7.07. The van der Waals surface area contributed by atoms with Crippen molar-refractivity contribution in [1.82, 2.24) is 14.5 Å². The maximum atomic E-state index is 13.3. The molecule has 1 aliphatic heterocycles. The normalized spacial score (nSPS) is 16.0. The first-order chi connectivity index (χ1) is 15.5. The standard InChI is InChI=1S/C22H18N4O5S/c1-30-21(28)16-15(13-5-9-25-10-6-13)17(22(29)31-2)20-26(18(16)23)19(27)14(32-20)11-12-3-7-24-8-4-12/h3-11,15H,23H2,1-2H3. The molecule has 9 nitrogen and oxygen atoms in total. The molecule has 0 bridgehead atoms. The summed E-state index contributed by atoms with van der Waals surface area (Å²) in [6.07, 6.45) is 7.95. The second kappa shape index (κ2) is 8.60. The molecule has 0 saturated heterocycles. The van der Waals surface area contributed by atoms with Crippen LogP contribution in [0.15, 0.2) is 59.4 Å². The number of thiazole rings is 1. The van der Waals surface area contributed by atoms with E-state index in [4.69, 9.17) is 15.2 Å². The van der Waals surface area contributed by atoms with Crippen LogP contribution in [0.3, 0.4) is 0 Å². The van der Waals surface area contributed by atoms with Gasteiger partial charge in [-0.25, -0.2) is 9.59 Å². The lowest BCUT2D eigenvalue weighted by molar-refractivity contribution is -0.136. The van der Waals surface area contributed by atoms with Crippen molar-refractivity contribution in [3.05, 3.63) is 85.3 Å². The summed E-state index contributed by atoms with van der Waals surface area (Å²) in [5, 5.41) is 0. The monoisotopic (exact) mass is 450 g/mol. The van der Waals surface area contributed by atoms with E-state index in [9.17, 15) is 14.4 Å². The number of aromatic nitrogens is 3. The van der Waals surface area contributed by atoms with Crippen molar-refractivity contribution in [3.8, 4) is 0 Å². The Hall–Kier alpha value is -4.05. The van der Waals surface area contributed by atoms with Gasteiger partial charge < -0.3 is 15.2 Å². The van der Waals surface area contributed by atoms with Crippen LogP contribution in [0.5, 0.6) is 0 Å². The van der Waals surface area contributed by atoms with Crippen molar-refractivity contribution in [1.29, 1.82) is 0 Å². The molecule has 0 radical (unpaired) electrons. The number of rotatable bonds is 4. The maximum Gasteiger partial charge on any atom is 0.338 e. The second-order valence-corrected chi connectivity index (χ2v) is 7.78. The van der Waals surface area contributed by atoms with E-state index in [-0.39, 0.29) is 21.6 Å². The number of methoxy groups -OCH3 is 2. The zero-order valence-corrected chi connectivity index (χ0v) is 18.0. The van der Waals surface area contributed by atoms with Gasteiger partial charge >= 0.3 is 11.9 Å². The number of nitrogens with zero attached hydrogens (tertiary/aromatic N) is 3. The molecule has 2 N–H and O–H groups in total. The summed E-state index contributed by atoms with van der Waals surface area (Å²) in [6.45, 7) is 0. The second-order valence-electron chi connectivity index (χ2n) is 6.75. The maximum absolute atomic E-state index is 13.3. The fourth-order valence-corrected chi connectivity index (χ4v) is 4.73. The van der Waals surface area contributed by atoms with Crippen LogP contribution in [0.2, 0.25) is 0 Å². The van der Waals surface area contributed by atoms with E-state index < -0.39 is 23.4 Å². The molecule has 0 aromatic carbocycles. The first kappa shape index (κ1) is 21.2. The predicted molar refractivity (Wildman–Crippen MR) is 117 cm³/mol. The van der Waals surface area contributed by atoms with Gasteiger partial charge in [-0.2, -0.15) is 0 Å². The van der Waals surface area contributed by atoms with Gasteiger partial charge in [0.1, 0.15) is 10.5 Å². The van der Waals surface area contributed by atoms with Gasteiger partial charge in [-0.3, -0.25) is 19.3 Å². The molecule has 4 rings (SSSR count). The Morgan fingerprint density at radius 3 is 2.16 bits per heavy atom. The van der Waals surface area contributed by atoms with Crippen molar-refractivity contribution < 1.29 is 19.1 Å². The summed E-state index contributed by atoms with van der Waals surface area (Å²) >= 11 is 1.09. The quantitative estimate of drug-likeness (QED) is 0.549. The number of hydrogen-bond acceptors (Lipinski definition) is 9. The third-order valence-corrected chi connectivity index (χ3v) is 6.11. The van der Waals surface area contributed by atoms with E-state index >= 15 is 0 Å². The van der Waals surface area contributed by atoms with Crippen LogP contribution in [-0.4, -0.2) is 40.7 Å². The van der Waals surface area contributed by atoms with Crippen LogP contribution in [0.25, 0.3) is 17.5 Å². The number of carbonyl (C=O) groups excluding carboxylic acids is 2. The van der Waals surface area contributed by atoms with Crippen LogP contribution in [0.1, 0.15) is 17.0 Å². The summed E-state index contributed by atoms with van der Waals surface area (Å²) in [6, 6.07) is 6.81. The fourth-order valence-electron chi connectivity index (χ4n) is 3.57. The highest BCUT2D eigenvalue weighted by Crippen LogP contribution is 2.37. The largest absolute Gasteiger partial charge is 0.466 e. The van der Waals surface area contributed by atoms with Crippen LogP contribution >= 0.6 is 11.3 Å². The molecule has 32 heavy (non-hydrogen) atoms. The number of fused-ring (bicyclic) bond motifs is 1. The number of nitrogens with two attached hydrogens (primary N) is 1. The molecule has 162 valence electrons. The smallest absolute Gasteiger partial charge is 0.338 e. The molecular formula is C22H18N4O5S. The van der Waals surface area contributed by atoms with E-state index in [1.165, 1.54) is 26.6 Å². The van der Waals surface area contributed by atoms with E-state index in [1.807, 2.05) is 0 Å². The Morgan fingerprint density at radius 1 is 1.00 bits per heavy atom. The summed E-state index contributed by atoms with van der Waals surface area (Å²) in [5.41, 5.74) is 7.30. The molecule has 0 saturated carbocycles. The van der Waals surface area contributed by atoms with E-state index in [1.54, 1.807) is 42.7 Å². The SMILES string of the molecule is COC(=O)C1=C(N)n2c(sc(=Cc3ccncc3)c2=O)=C(C(=O)OC)C1c1ccncc1. The van der Waals surface area contributed by atoms with Crippen molar-refractivity contribution >= 4 is 40.7 Å². The molecule has 3 aromatic heterocycles. The van der Waals surface area contributed by atoms with E-state index in [0.717, 1.165) is 21.5 Å². The fraction of sp³-hybridized carbons (Fsp3) is 0.136. The van der Waals surface area contributed by atoms with Crippen LogP contribution in [0.4, 0.5) is 0 Å². The molecule has 1 aliphatic rings. The predicted octanol–water partition coefficient (Wildman–Crippen LogP) is -0.0500. The van der Waals surface area contributed by atoms with Crippen molar-refractivity contribution in [2.24, 2.45) is 5.73 Å². The highest BCUT2D eigenvalue weighted by Gasteiger charge is 2.39. The third kappa shape index (κ3) is 3.50. The molecule has 1 atom stereocenters. The van der Waals surface area contributed by atoms with Gasteiger partial charge in [0.2, 0.25) is 0 Å². The van der Waals surface area contributed by atoms with Gasteiger partial charge in [-0.1, -0.05) is 0 Å². The minimum atomic E-state index is -0.898. The number of ether oxygens (including phenoxy) is 2. The molecule has 0 aliphatic carbocycles. The Balaban J connectivity index is 2.14. The zero-order chi connectivity index (χ0) is 22.8.